The SMILES string of the molecule is CCC(CCCCCCCCC(CC(C(=O)O)C(=O)O)C(=O)O)C(=O)O. The zero-order valence-corrected chi connectivity index (χ0v) is 15.2. The lowest BCUT2D eigenvalue weighted by Gasteiger charge is -2.15. The van der Waals surface area contributed by atoms with Gasteiger partial charge in [-0.2, -0.15) is 0 Å². The Morgan fingerprint density at radius 3 is 1.35 bits per heavy atom. The highest BCUT2D eigenvalue weighted by atomic mass is 16.4. The summed E-state index contributed by atoms with van der Waals surface area (Å²) in [4.78, 5) is 43.8. The van der Waals surface area contributed by atoms with Crippen LogP contribution in [-0.2, 0) is 19.2 Å². The van der Waals surface area contributed by atoms with E-state index in [0.717, 1.165) is 32.1 Å². The smallest absolute Gasteiger partial charge is 0.317 e. The summed E-state index contributed by atoms with van der Waals surface area (Å²) in [5.74, 6) is -7.93. The van der Waals surface area contributed by atoms with E-state index in [4.69, 9.17) is 20.4 Å². The van der Waals surface area contributed by atoms with E-state index in [1.807, 2.05) is 6.92 Å². The van der Waals surface area contributed by atoms with Crippen LogP contribution in [0.4, 0.5) is 0 Å². The molecule has 0 bridgehead atoms. The molecule has 2 atom stereocenters. The van der Waals surface area contributed by atoms with Crippen LogP contribution >= 0.6 is 0 Å². The Hall–Kier alpha value is -2.12. The molecule has 0 saturated heterocycles. The van der Waals surface area contributed by atoms with Crippen LogP contribution in [0.25, 0.3) is 0 Å². The lowest BCUT2D eigenvalue weighted by Crippen LogP contribution is -2.28. The molecule has 0 spiro atoms. The van der Waals surface area contributed by atoms with E-state index in [2.05, 4.69) is 0 Å². The third-order valence-electron chi connectivity index (χ3n) is 4.66. The Bertz CT molecular complexity index is 460. The van der Waals surface area contributed by atoms with Gasteiger partial charge in [-0.05, 0) is 25.7 Å². The zero-order chi connectivity index (χ0) is 20.1. The third-order valence-corrected chi connectivity index (χ3v) is 4.66. The minimum absolute atomic E-state index is 0.253. The van der Waals surface area contributed by atoms with Crippen LogP contribution in [0, 0.1) is 17.8 Å². The summed E-state index contributed by atoms with van der Waals surface area (Å²) in [7, 11) is 0. The molecule has 0 rings (SSSR count). The highest BCUT2D eigenvalue weighted by molar-refractivity contribution is 5.93. The van der Waals surface area contributed by atoms with Crippen molar-refractivity contribution in [2.24, 2.45) is 17.8 Å². The first-order chi connectivity index (χ1) is 12.2. The molecule has 0 radical (unpaired) electrons. The molecule has 0 aliphatic carbocycles. The standard InChI is InChI=1S/C18H30O8/c1-2-12(15(19)20)9-7-5-3-4-6-8-10-13(16(21)22)11-14(17(23)24)18(25)26/h12-14H,2-11H2,1H3,(H,19,20)(H,21,22)(H,23,24)(H,25,26). The van der Waals surface area contributed by atoms with Crippen molar-refractivity contribution in [3.05, 3.63) is 0 Å². The quantitative estimate of drug-likeness (QED) is 0.238. The third kappa shape index (κ3) is 10.0. The first-order valence-electron chi connectivity index (χ1n) is 9.11. The lowest BCUT2D eigenvalue weighted by molar-refractivity contribution is -0.156. The summed E-state index contributed by atoms with van der Waals surface area (Å²) >= 11 is 0. The largest absolute Gasteiger partial charge is 0.481 e. The van der Waals surface area contributed by atoms with E-state index in [1.54, 1.807) is 0 Å². The summed E-state index contributed by atoms with van der Waals surface area (Å²) in [5.41, 5.74) is 0. The predicted molar refractivity (Wildman–Crippen MR) is 92.9 cm³/mol. The minimum atomic E-state index is -1.70. The molecule has 4 N–H and O–H groups in total. The second-order valence-corrected chi connectivity index (χ2v) is 6.64. The number of carboxylic acid groups (broad SMARTS) is 4. The number of aliphatic carboxylic acids is 4. The molecule has 0 aliphatic rings. The van der Waals surface area contributed by atoms with E-state index < -0.39 is 42.1 Å². The maximum Gasteiger partial charge on any atom is 0.317 e. The molecule has 0 fully saturated rings. The van der Waals surface area contributed by atoms with Gasteiger partial charge in [0.2, 0.25) is 0 Å². The first kappa shape index (κ1) is 23.9. The fraction of sp³-hybridized carbons (Fsp3) is 0.778. The molecule has 0 aliphatic heterocycles. The maximum absolute atomic E-state index is 11.2. The summed E-state index contributed by atoms with van der Waals surface area (Å²) in [6, 6.07) is 0. The monoisotopic (exact) mass is 374 g/mol. The number of carbonyl (C=O) groups is 4. The predicted octanol–water partition coefficient (Wildman–Crippen LogP) is 3.09. The van der Waals surface area contributed by atoms with Crippen LogP contribution in [0.5, 0.6) is 0 Å². The summed E-state index contributed by atoms with van der Waals surface area (Å²) in [6.07, 6.45) is 6.10. The maximum atomic E-state index is 11.2. The average molecular weight is 374 g/mol. The highest BCUT2D eigenvalue weighted by Gasteiger charge is 2.31. The van der Waals surface area contributed by atoms with Gasteiger partial charge < -0.3 is 20.4 Å². The average Bonchev–Trinajstić information content (AvgIpc) is 2.54. The van der Waals surface area contributed by atoms with Crippen LogP contribution in [0.2, 0.25) is 0 Å². The van der Waals surface area contributed by atoms with E-state index in [0.29, 0.717) is 19.3 Å². The van der Waals surface area contributed by atoms with E-state index >= 15 is 0 Å². The molecule has 0 aromatic heterocycles. The van der Waals surface area contributed by atoms with Crippen LogP contribution in [-0.4, -0.2) is 44.3 Å². The normalized spacial score (nSPS) is 13.3. The van der Waals surface area contributed by atoms with Crippen molar-refractivity contribution >= 4 is 23.9 Å². The van der Waals surface area contributed by atoms with Crippen molar-refractivity contribution in [2.45, 2.75) is 71.1 Å². The van der Waals surface area contributed by atoms with Gasteiger partial charge in [0, 0.05) is 0 Å². The van der Waals surface area contributed by atoms with Gasteiger partial charge in [0.1, 0.15) is 0 Å². The number of hydrogen-bond acceptors (Lipinski definition) is 4. The van der Waals surface area contributed by atoms with Gasteiger partial charge in [0.05, 0.1) is 11.8 Å². The molecule has 0 aromatic carbocycles. The Labute approximate surface area is 153 Å². The van der Waals surface area contributed by atoms with Crippen molar-refractivity contribution in [3.8, 4) is 0 Å². The van der Waals surface area contributed by atoms with Crippen molar-refractivity contribution in [1.29, 1.82) is 0 Å². The minimum Gasteiger partial charge on any atom is -0.481 e. The summed E-state index contributed by atoms with van der Waals surface area (Å²) < 4.78 is 0. The van der Waals surface area contributed by atoms with Crippen molar-refractivity contribution in [1.82, 2.24) is 0 Å². The molecule has 0 saturated carbocycles. The zero-order valence-electron chi connectivity index (χ0n) is 15.2. The fourth-order valence-electron chi connectivity index (χ4n) is 2.92. The van der Waals surface area contributed by atoms with Crippen molar-refractivity contribution in [2.75, 3.05) is 0 Å². The number of hydrogen-bond donors (Lipinski definition) is 4. The second-order valence-electron chi connectivity index (χ2n) is 6.64. The Morgan fingerprint density at radius 1 is 0.615 bits per heavy atom. The molecule has 0 amide bonds. The molecule has 0 heterocycles. The first-order valence-corrected chi connectivity index (χ1v) is 9.11. The lowest BCUT2D eigenvalue weighted by atomic mass is 9.90. The molecule has 2 unspecified atom stereocenters. The summed E-state index contributed by atoms with van der Waals surface area (Å²) in [6.45, 7) is 1.86. The van der Waals surface area contributed by atoms with Gasteiger partial charge in [-0.25, -0.2) is 0 Å². The molecule has 8 heteroatoms. The van der Waals surface area contributed by atoms with Crippen LogP contribution in [0.1, 0.15) is 71.1 Å². The second kappa shape index (κ2) is 13.1. The molecule has 150 valence electrons. The number of rotatable bonds is 16. The summed E-state index contributed by atoms with van der Waals surface area (Å²) in [5, 5.41) is 35.8. The Balaban J connectivity index is 4.01. The van der Waals surface area contributed by atoms with Gasteiger partial charge >= 0.3 is 23.9 Å². The van der Waals surface area contributed by atoms with Gasteiger partial charge in [-0.3, -0.25) is 19.2 Å². The molecular weight excluding hydrogens is 344 g/mol. The topological polar surface area (TPSA) is 149 Å². The van der Waals surface area contributed by atoms with E-state index in [-0.39, 0.29) is 12.3 Å². The van der Waals surface area contributed by atoms with Gasteiger partial charge in [-0.15, -0.1) is 0 Å². The van der Waals surface area contributed by atoms with Crippen LogP contribution in [0.15, 0.2) is 0 Å². The Kier molecular flexibility index (Phi) is 12.1. The van der Waals surface area contributed by atoms with E-state index in [1.165, 1.54) is 0 Å². The van der Waals surface area contributed by atoms with Crippen LogP contribution < -0.4 is 0 Å². The van der Waals surface area contributed by atoms with Crippen molar-refractivity contribution < 1.29 is 39.6 Å². The number of unbranched alkanes of at least 4 members (excludes halogenated alkanes) is 5. The van der Waals surface area contributed by atoms with Gasteiger partial charge in [0.15, 0.2) is 5.92 Å². The van der Waals surface area contributed by atoms with Gasteiger partial charge in [0.25, 0.3) is 0 Å². The molecule has 0 aromatic rings. The van der Waals surface area contributed by atoms with Crippen molar-refractivity contribution in [3.63, 3.8) is 0 Å². The highest BCUT2D eigenvalue weighted by Crippen LogP contribution is 2.21. The number of carboxylic acids is 4. The molecule has 26 heavy (non-hydrogen) atoms. The fourth-order valence-corrected chi connectivity index (χ4v) is 2.92. The van der Waals surface area contributed by atoms with Crippen LogP contribution in [0.3, 0.4) is 0 Å². The van der Waals surface area contributed by atoms with E-state index in [9.17, 15) is 19.2 Å². The molecular formula is C18H30O8. The molecule has 8 nitrogen and oxygen atoms in total. The van der Waals surface area contributed by atoms with Gasteiger partial charge in [-0.1, -0.05) is 45.4 Å². The Morgan fingerprint density at radius 2 is 1.00 bits per heavy atom.